The molecular weight excluding hydrogens is 230 g/mol. The van der Waals surface area contributed by atoms with E-state index in [1.165, 1.54) is 20.9 Å². The lowest BCUT2D eigenvalue weighted by atomic mass is 10.2. The lowest BCUT2D eigenvalue weighted by Crippen LogP contribution is -1.87. The number of pyridine rings is 1. The number of thiophene rings is 1. The summed E-state index contributed by atoms with van der Waals surface area (Å²) in [5.41, 5.74) is 4.44. The van der Waals surface area contributed by atoms with Crippen LogP contribution in [0.15, 0.2) is 24.7 Å². The topological polar surface area (TPSA) is 30.7 Å². The standard InChI is InChI=1S/C13H13N3S/c1-8-6-11(17-9(8)2)10-4-5-14-13-12(10)15-7-16(13)3/h4-7H,1-3H3. The van der Waals surface area contributed by atoms with Crippen LogP contribution in [0, 0.1) is 13.8 Å². The normalized spacial score (nSPS) is 11.2. The Morgan fingerprint density at radius 1 is 1.24 bits per heavy atom. The molecular formula is C13H13N3S. The van der Waals surface area contributed by atoms with Crippen molar-refractivity contribution < 1.29 is 0 Å². The van der Waals surface area contributed by atoms with Crippen LogP contribution in [0.2, 0.25) is 0 Å². The zero-order valence-electron chi connectivity index (χ0n) is 10.1. The van der Waals surface area contributed by atoms with E-state index >= 15 is 0 Å². The Kier molecular flexibility index (Phi) is 2.26. The van der Waals surface area contributed by atoms with Crippen LogP contribution >= 0.6 is 11.3 Å². The Morgan fingerprint density at radius 3 is 2.76 bits per heavy atom. The fourth-order valence-corrected chi connectivity index (χ4v) is 2.99. The summed E-state index contributed by atoms with van der Waals surface area (Å²) in [4.78, 5) is 11.4. The summed E-state index contributed by atoms with van der Waals surface area (Å²) in [7, 11) is 1.97. The first-order valence-electron chi connectivity index (χ1n) is 5.50. The molecule has 0 amide bonds. The maximum absolute atomic E-state index is 4.44. The van der Waals surface area contributed by atoms with Crippen LogP contribution in [0.25, 0.3) is 21.6 Å². The summed E-state index contributed by atoms with van der Waals surface area (Å²) >= 11 is 1.81. The van der Waals surface area contributed by atoms with Gasteiger partial charge in [0.15, 0.2) is 5.65 Å². The molecule has 3 heterocycles. The molecule has 0 N–H and O–H groups in total. The predicted molar refractivity (Wildman–Crippen MR) is 71.3 cm³/mol. The molecule has 3 aromatic rings. The molecule has 17 heavy (non-hydrogen) atoms. The number of imidazole rings is 1. The van der Waals surface area contributed by atoms with Crippen molar-refractivity contribution in [3.8, 4) is 10.4 Å². The molecule has 0 fully saturated rings. The van der Waals surface area contributed by atoms with Crippen molar-refractivity contribution in [2.45, 2.75) is 13.8 Å². The van der Waals surface area contributed by atoms with Crippen LogP contribution in [-0.2, 0) is 7.05 Å². The number of rotatable bonds is 1. The van der Waals surface area contributed by atoms with E-state index in [1.807, 2.05) is 41.5 Å². The molecule has 3 nitrogen and oxygen atoms in total. The van der Waals surface area contributed by atoms with Crippen LogP contribution in [0.1, 0.15) is 10.4 Å². The van der Waals surface area contributed by atoms with E-state index in [0.717, 1.165) is 11.2 Å². The Morgan fingerprint density at radius 2 is 2.06 bits per heavy atom. The van der Waals surface area contributed by atoms with Crippen LogP contribution in [-0.4, -0.2) is 14.5 Å². The first-order valence-corrected chi connectivity index (χ1v) is 6.32. The average Bonchev–Trinajstić information content (AvgIpc) is 2.84. The van der Waals surface area contributed by atoms with E-state index in [4.69, 9.17) is 0 Å². The third kappa shape index (κ3) is 1.56. The molecule has 0 bridgehead atoms. The van der Waals surface area contributed by atoms with Crippen LogP contribution in [0.5, 0.6) is 0 Å². The molecule has 0 saturated carbocycles. The minimum atomic E-state index is 0.936. The second-order valence-corrected chi connectivity index (χ2v) is 5.49. The molecule has 0 aliphatic heterocycles. The summed E-state index contributed by atoms with van der Waals surface area (Å²) in [6, 6.07) is 4.27. The zero-order valence-corrected chi connectivity index (χ0v) is 10.9. The molecule has 0 atom stereocenters. The molecule has 0 radical (unpaired) electrons. The third-order valence-electron chi connectivity index (χ3n) is 3.03. The minimum Gasteiger partial charge on any atom is -0.318 e. The summed E-state index contributed by atoms with van der Waals surface area (Å²) < 4.78 is 1.95. The maximum Gasteiger partial charge on any atom is 0.160 e. The van der Waals surface area contributed by atoms with Gasteiger partial charge in [-0.3, -0.25) is 0 Å². The summed E-state index contributed by atoms with van der Waals surface area (Å²) in [6.45, 7) is 4.30. The Labute approximate surface area is 104 Å². The van der Waals surface area contributed by atoms with Crippen molar-refractivity contribution >= 4 is 22.5 Å². The highest BCUT2D eigenvalue weighted by atomic mass is 32.1. The van der Waals surface area contributed by atoms with Gasteiger partial charge in [0, 0.05) is 28.6 Å². The molecule has 3 aromatic heterocycles. The fourth-order valence-electron chi connectivity index (χ4n) is 1.93. The predicted octanol–water partition coefficient (Wildman–Crippen LogP) is 3.31. The molecule has 0 aliphatic carbocycles. The molecule has 4 heteroatoms. The summed E-state index contributed by atoms with van der Waals surface area (Å²) in [6.07, 6.45) is 3.66. The van der Waals surface area contributed by atoms with Crippen molar-refractivity contribution in [1.29, 1.82) is 0 Å². The van der Waals surface area contributed by atoms with Gasteiger partial charge in [-0.2, -0.15) is 0 Å². The fraction of sp³-hybridized carbons (Fsp3) is 0.231. The molecule has 0 unspecified atom stereocenters. The van der Waals surface area contributed by atoms with Gasteiger partial charge in [-0.25, -0.2) is 9.97 Å². The molecule has 0 spiro atoms. The number of hydrogen-bond acceptors (Lipinski definition) is 3. The van der Waals surface area contributed by atoms with Crippen molar-refractivity contribution in [3.63, 3.8) is 0 Å². The van der Waals surface area contributed by atoms with E-state index in [9.17, 15) is 0 Å². The van der Waals surface area contributed by atoms with Crippen LogP contribution < -0.4 is 0 Å². The van der Waals surface area contributed by atoms with E-state index in [-0.39, 0.29) is 0 Å². The Bertz CT molecular complexity index is 674. The van der Waals surface area contributed by atoms with Gasteiger partial charge < -0.3 is 4.57 Å². The molecule has 86 valence electrons. The number of aromatic nitrogens is 3. The van der Waals surface area contributed by atoms with Gasteiger partial charge in [-0.1, -0.05) is 0 Å². The number of aryl methyl sites for hydroxylation is 3. The van der Waals surface area contributed by atoms with Crippen molar-refractivity contribution in [1.82, 2.24) is 14.5 Å². The average molecular weight is 243 g/mol. The number of fused-ring (bicyclic) bond motifs is 1. The first-order chi connectivity index (χ1) is 8.16. The van der Waals surface area contributed by atoms with Gasteiger partial charge in [0.2, 0.25) is 0 Å². The van der Waals surface area contributed by atoms with Gasteiger partial charge >= 0.3 is 0 Å². The third-order valence-corrected chi connectivity index (χ3v) is 4.22. The molecule has 0 aromatic carbocycles. The lowest BCUT2D eigenvalue weighted by Gasteiger charge is -1.99. The largest absolute Gasteiger partial charge is 0.318 e. The lowest BCUT2D eigenvalue weighted by molar-refractivity contribution is 0.931. The van der Waals surface area contributed by atoms with E-state index < -0.39 is 0 Å². The van der Waals surface area contributed by atoms with Crippen molar-refractivity contribution in [2.75, 3.05) is 0 Å². The smallest absolute Gasteiger partial charge is 0.160 e. The van der Waals surface area contributed by atoms with Crippen molar-refractivity contribution in [2.24, 2.45) is 7.05 Å². The molecule has 0 saturated heterocycles. The monoisotopic (exact) mass is 243 g/mol. The summed E-state index contributed by atoms with van der Waals surface area (Å²) in [5, 5.41) is 0. The van der Waals surface area contributed by atoms with Gasteiger partial charge in [-0.15, -0.1) is 11.3 Å². The van der Waals surface area contributed by atoms with Gasteiger partial charge in [0.1, 0.15) is 5.52 Å². The van der Waals surface area contributed by atoms with E-state index in [0.29, 0.717) is 0 Å². The first kappa shape index (κ1) is 10.5. The van der Waals surface area contributed by atoms with Crippen molar-refractivity contribution in [3.05, 3.63) is 35.1 Å². The SMILES string of the molecule is Cc1cc(-c2ccnc3c2ncn3C)sc1C. The quantitative estimate of drug-likeness (QED) is 0.656. The molecule has 0 aliphatic rings. The van der Waals surface area contributed by atoms with Crippen LogP contribution in [0.3, 0.4) is 0 Å². The van der Waals surface area contributed by atoms with Gasteiger partial charge in [0.05, 0.1) is 6.33 Å². The highest BCUT2D eigenvalue weighted by molar-refractivity contribution is 7.15. The molecule has 3 rings (SSSR count). The highest BCUT2D eigenvalue weighted by Crippen LogP contribution is 2.33. The second-order valence-electron chi connectivity index (χ2n) is 4.24. The number of hydrogen-bond donors (Lipinski definition) is 0. The van der Waals surface area contributed by atoms with E-state index in [2.05, 4.69) is 29.9 Å². The Balaban J connectivity index is 2.30. The zero-order chi connectivity index (χ0) is 12.0. The summed E-state index contributed by atoms with van der Waals surface area (Å²) in [5.74, 6) is 0. The highest BCUT2D eigenvalue weighted by Gasteiger charge is 2.11. The van der Waals surface area contributed by atoms with E-state index in [1.54, 1.807) is 0 Å². The second kappa shape index (κ2) is 3.67. The van der Waals surface area contributed by atoms with Crippen LogP contribution in [0.4, 0.5) is 0 Å². The maximum atomic E-state index is 4.44. The Hall–Kier alpha value is -1.68. The minimum absolute atomic E-state index is 0.936. The van der Waals surface area contributed by atoms with Gasteiger partial charge in [0.25, 0.3) is 0 Å². The van der Waals surface area contributed by atoms with Gasteiger partial charge in [-0.05, 0) is 31.5 Å². The number of nitrogens with zero attached hydrogens (tertiary/aromatic N) is 3.